The third-order valence-electron chi connectivity index (χ3n) is 3.17. The minimum atomic E-state index is 0.0550. The van der Waals surface area contributed by atoms with Crippen molar-refractivity contribution in [3.8, 4) is 0 Å². The van der Waals surface area contributed by atoms with E-state index in [0.29, 0.717) is 29.3 Å². The summed E-state index contributed by atoms with van der Waals surface area (Å²) in [5, 5.41) is 18.6. The summed E-state index contributed by atoms with van der Waals surface area (Å²) in [6.07, 6.45) is 2.49. The average Bonchev–Trinajstić information content (AvgIpc) is 3.17. The number of thioether (sulfide) groups is 1. The second-order valence-electron chi connectivity index (χ2n) is 5.82. The Labute approximate surface area is 129 Å². The molecule has 0 aromatic carbocycles. The van der Waals surface area contributed by atoms with E-state index in [-0.39, 0.29) is 5.91 Å². The normalized spacial score (nSPS) is 14.6. The Morgan fingerprint density at radius 3 is 3.00 bits per heavy atom. The zero-order chi connectivity index (χ0) is 15.1. The summed E-state index contributed by atoms with van der Waals surface area (Å²) in [4.78, 5) is 11.7. The zero-order valence-electron chi connectivity index (χ0n) is 12.7. The van der Waals surface area contributed by atoms with Crippen molar-refractivity contribution in [2.24, 2.45) is 11.8 Å². The van der Waals surface area contributed by atoms with E-state index in [1.54, 1.807) is 4.68 Å². The summed E-state index contributed by atoms with van der Waals surface area (Å²) in [7, 11) is 0. The Hall–Kier alpha value is -1.15. The van der Waals surface area contributed by atoms with Crippen LogP contribution in [0.2, 0.25) is 0 Å². The van der Waals surface area contributed by atoms with Gasteiger partial charge in [-0.3, -0.25) is 4.79 Å². The van der Waals surface area contributed by atoms with Gasteiger partial charge in [0.15, 0.2) is 0 Å². The van der Waals surface area contributed by atoms with Gasteiger partial charge in [-0.2, -0.15) is 0 Å². The number of carbonyl (C=O) groups is 1. The Balaban J connectivity index is 1.65. The number of aromatic nitrogens is 4. The number of hydrogen-bond donors (Lipinski definition) is 2. The molecule has 8 heteroatoms. The molecule has 0 atom stereocenters. The van der Waals surface area contributed by atoms with Crippen LogP contribution < -0.4 is 10.6 Å². The third-order valence-corrected chi connectivity index (χ3v) is 4.13. The fourth-order valence-corrected chi connectivity index (χ4v) is 2.51. The molecule has 1 heterocycles. The van der Waals surface area contributed by atoms with Crippen molar-refractivity contribution in [2.75, 3.05) is 25.4 Å². The zero-order valence-corrected chi connectivity index (χ0v) is 13.5. The molecule has 0 aliphatic heterocycles. The first-order chi connectivity index (χ1) is 10.1. The fraction of sp³-hybridized carbons (Fsp3) is 0.846. The van der Waals surface area contributed by atoms with Crippen LogP contribution in [0.3, 0.4) is 0 Å². The van der Waals surface area contributed by atoms with E-state index in [0.717, 1.165) is 19.6 Å². The van der Waals surface area contributed by atoms with Crippen molar-refractivity contribution in [1.82, 2.24) is 30.8 Å². The average molecular weight is 312 g/mol. The summed E-state index contributed by atoms with van der Waals surface area (Å²) >= 11 is 1.39. The third kappa shape index (κ3) is 6.43. The van der Waals surface area contributed by atoms with Gasteiger partial charge in [0.2, 0.25) is 11.1 Å². The number of tetrazole rings is 1. The van der Waals surface area contributed by atoms with E-state index in [2.05, 4.69) is 40.0 Å². The molecule has 1 fully saturated rings. The number of amides is 1. The maximum absolute atomic E-state index is 11.7. The summed E-state index contributed by atoms with van der Waals surface area (Å²) < 4.78 is 1.74. The lowest BCUT2D eigenvalue weighted by atomic mass is 10.2. The van der Waals surface area contributed by atoms with Gasteiger partial charge in [0, 0.05) is 13.1 Å². The molecule has 0 unspecified atom stereocenters. The van der Waals surface area contributed by atoms with Crippen LogP contribution >= 0.6 is 11.8 Å². The topological polar surface area (TPSA) is 84.7 Å². The van der Waals surface area contributed by atoms with Gasteiger partial charge in [-0.15, -0.1) is 5.10 Å². The van der Waals surface area contributed by atoms with Crippen molar-refractivity contribution in [3.05, 3.63) is 0 Å². The van der Waals surface area contributed by atoms with Gasteiger partial charge < -0.3 is 10.6 Å². The number of carbonyl (C=O) groups excluding carboxylic acids is 1. The Bertz CT molecular complexity index is 446. The summed E-state index contributed by atoms with van der Waals surface area (Å²) in [5.41, 5.74) is 0. The minimum Gasteiger partial charge on any atom is -0.355 e. The lowest BCUT2D eigenvalue weighted by Gasteiger charge is -2.08. The second-order valence-corrected chi connectivity index (χ2v) is 6.76. The Kier molecular flexibility index (Phi) is 6.44. The molecule has 7 nitrogen and oxygen atoms in total. The van der Waals surface area contributed by atoms with Gasteiger partial charge in [-0.25, -0.2) is 4.68 Å². The molecule has 0 bridgehead atoms. The first-order valence-electron chi connectivity index (χ1n) is 7.51. The molecule has 118 valence electrons. The summed E-state index contributed by atoms with van der Waals surface area (Å²) in [6, 6.07) is 0. The highest BCUT2D eigenvalue weighted by Crippen LogP contribution is 2.27. The maximum atomic E-state index is 11.7. The molecule has 2 rings (SSSR count). The SMILES string of the molecule is CC(C)CNCCn1nnnc1SCC(=O)NCC1CC1. The van der Waals surface area contributed by atoms with E-state index in [1.165, 1.54) is 24.6 Å². The maximum Gasteiger partial charge on any atom is 0.230 e. The smallest absolute Gasteiger partial charge is 0.230 e. The summed E-state index contributed by atoms with van der Waals surface area (Å²) in [6.45, 7) is 7.67. The lowest BCUT2D eigenvalue weighted by molar-refractivity contribution is -0.118. The molecule has 0 saturated heterocycles. The molecule has 1 amide bonds. The van der Waals surface area contributed by atoms with Gasteiger partial charge in [0.05, 0.1) is 12.3 Å². The van der Waals surface area contributed by atoms with Crippen molar-refractivity contribution < 1.29 is 4.79 Å². The van der Waals surface area contributed by atoms with Crippen molar-refractivity contribution in [2.45, 2.75) is 38.4 Å². The van der Waals surface area contributed by atoms with Gasteiger partial charge in [-0.1, -0.05) is 25.6 Å². The van der Waals surface area contributed by atoms with Crippen LogP contribution in [0.5, 0.6) is 0 Å². The van der Waals surface area contributed by atoms with Gasteiger partial charge in [0.25, 0.3) is 0 Å². The molecule has 1 aliphatic rings. The van der Waals surface area contributed by atoms with Crippen molar-refractivity contribution in [3.63, 3.8) is 0 Å². The van der Waals surface area contributed by atoms with E-state index in [9.17, 15) is 4.79 Å². The lowest BCUT2D eigenvalue weighted by Crippen LogP contribution is -2.27. The van der Waals surface area contributed by atoms with Crippen LogP contribution in [-0.4, -0.2) is 51.5 Å². The quantitative estimate of drug-likeness (QED) is 0.484. The molecule has 1 aliphatic carbocycles. The molecule has 0 spiro atoms. The highest BCUT2D eigenvalue weighted by Gasteiger charge is 2.21. The van der Waals surface area contributed by atoms with Crippen LogP contribution in [0.4, 0.5) is 0 Å². The van der Waals surface area contributed by atoms with Gasteiger partial charge in [0.1, 0.15) is 0 Å². The minimum absolute atomic E-state index is 0.0550. The van der Waals surface area contributed by atoms with Crippen LogP contribution in [0, 0.1) is 11.8 Å². The van der Waals surface area contributed by atoms with Crippen LogP contribution in [0.25, 0.3) is 0 Å². The van der Waals surface area contributed by atoms with Gasteiger partial charge in [-0.05, 0) is 41.6 Å². The first-order valence-corrected chi connectivity index (χ1v) is 8.50. The standard InChI is InChI=1S/C13H24N6OS/c1-10(2)7-14-5-6-19-13(16-17-18-19)21-9-12(20)15-8-11-3-4-11/h10-11,14H,3-9H2,1-2H3,(H,15,20). The van der Waals surface area contributed by atoms with Crippen LogP contribution in [-0.2, 0) is 11.3 Å². The predicted octanol–water partition coefficient (Wildman–Crippen LogP) is 0.537. The largest absolute Gasteiger partial charge is 0.355 e. The van der Waals surface area contributed by atoms with Crippen LogP contribution in [0.1, 0.15) is 26.7 Å². The first kappa shape index (κ1) is 16.2. The monoisotopic (exact) mass is 312 g/mol. The molecule has 21 heavy (non-hydrogen) atoms. The molecular weight excluding hydrogens is 288 g/mol. The molecule has 1 aromatic rings. The van der Waals surface area contributed by atoms with Gasteiger partial charge >= 0.3 is 0 Å². The van der Waals surface area contributed by atoms with E-state index in [4.69, 9.17) is 0 Å². The second kappa shape index (κ2) is 8.33. The van der Waals surface area contributed by atoms with Crippen LogP contribution in [0.15, 0.2) is 5.16 Å². The fourth-order valence-electron chi connectivity index (χ4n) is 1.78. The Morgan fingerprint density at radius 1 is 1.48 bits per heavy atom. The van der Waals surface area contributed by atoms with Crippen molar-refractivity contribution in [1.29, 1.82) is 0 Å². The van der Waals surface area contributed by atoms with E-state index in [1.807, 2.05) is 0 Å². The van der Waals surface area contributed by atoms with E-state index < -0.39 is 0 Å². The number of hydrogen-bond acceptors (Lipinski definition) is 6. The molecule has 2 N–H and O–H groups in total. The molecule has 1 saturated carbocycles. The van der Waals surface area contributed by atoms with E-state index >= 15 is 0 Å². The highest BCUT2D eigenvalue weighted by molar-refractivity contribution is 7.99. The molecular formula is C13H24N6OS. The number of nitrogens with zero attached hydrogens (tertiary/aromatic N) is 4. The Morgan fingerprint density at radius 2 is 2.29 bits per heavy atom. The van der Waals surface area contributed by atoms with Crippen molar-refractivity contribution >= 4 is 17.7 Å². The molecule has 0 radical (unpaired) electrons. The molecule has 1 aromatic heterocycles. The predicted molar refractivity (Wildman–Crippen MR) is 82.0 cm³/mol. The highest BCUT2D eigenvalue weighted by atomic mass is 32.2. The number of rotatable bonds is 10. The summed E-state index contributed by atoms with van der Waals surface area (Å²) in [5.74, 6) is 1.76. The number of nitrogens with one attached hydrogen (secondary N) is 2.